The molecule has 0 spiro atoms. The molecule has 0 fully saturated rings. The van der Waals surface area contributed by atoms with Crippen LogP contribution in [0.3, 0.4) is 0 Å². The minimum atomic E-state index is 0.0338. The first-order valence-corrected chi connectivity index (χ1v) is 7.29. The van der Waals surface area contributed by atoms with Crippen LogP contribution in [0.15, 0.2) is 24.3 Å². The van der Waals surface area contributed by atoms with Crippen molar-refractivity contribution in [3.63, 3.8) is 0 Å². The number of carbonyl (C=O) groups is 1. The van der Waals surface area contributed by atoms with Gasteiger partial charge in [0.1, 0.15) is 0 Å². The molecule has 0 aliphatic heterocycles. The number of rotatable bonds is 9. The highest BCUT2D eigenvalue weighted by Crippen LogP contribution is 2.05. The quantitative estimate of drug-likeness (QED) is 0.671. The van der Waals surface area contributed by atoms with Gasteiger partial charge in [0.25, 0.3) is 5.91 Å². The van der Waals surface area contributed by atoms with Gasteiger partial charge < -0.3 is 10.6 Å². The zero-order valence-electron chi connectivity index (χ0n) is 12.2. The minimum absolute atomic E-state index is 0.0338. The van der Waals surface area contributed by atoms with Crippen LogP contribution < -0.4 is 10.6 Å². The maximum absolute atomic E-state index is 11.9. The standard InChI is InChI=1S/C16H26N2O/c1-3-4-5-6-7-12-18-16(19)15-10-8-14(9-11-15)13-17-2/h8-11,17H,3-7,12-13H2,1-2H3,(H,18,19). The van der Waals surface area contributed by atoms with E-state index in [-0.39, 0.29) is 5.91 Å². The van der Waals surface area contributed by atoms with Crippen LogP contribution in [0.5, 0.6) is 0 Å². The normalized spacial score (nSPS) is 10.4. The Morgan fingerprint density at radius 2 is 1.74 bits per heavy atom. The Hall–Kier alpha value is -1.35. The first-order valence-electron chi connectivity index (χ1n) is 7.29. The van der Waals surface area contributed by atoms with Crippen LogP contribution >= 0.6 is 0 Å². The van der Waals surface area contributed by atoms with Gasteiger partial charge in [0, 0.05) is 18.7 Å². The fraction of sp³-hybridized carbons (Fsp3) is 0.562. The summed E-state index contributed by atoms with van der Waals surface area (Å²) in [4.78, 5) is 11.9. The lowest BCUT2D eigenvalue weighted by molar-refractivity contribution is 0.0953. The predicted molar refractivity (Wildman–Crippen MR) is 80.3 cm³/mol. The van der Waals surface area contributed by atoms with E-state index >= 15 is 0 Å². The van der Waals surface area contributed by atoms with Gasteiger partial charge >= 0.3 is 0 Å². The van der Waals surface area contributed by atoms with Crippen LogP contribution in [0.4, 0.5) is 0 Å². The molecule has 1 rings (SSSR count). The van der Waals surface area contributed by atoms with Crippen LogP contribution in [0.2, 0.25) is 0 Å². The number of amides is 1. The maximum Gasteiger partial charge on any atom is 0.251 e. The van der Waals surface area contributed by atoms with Crippen molar-refractivity contribution in [2.75, 3.05) is 13.6 Å². The Labute approximate surface area is 116 Å². The molecule has 3 heteroatoms. The van der Waals surface area contributed by atoms with Crippen LogP contribution in [0, 0.1) is 0 Å². The molecule has 0 aliphatic carbocycles. The molecule has 0 radical (unpaired) electrons. The number of benzene rings is 1. The van der Waals surface area contributed by atoms with E-state index in [1.54, 1.807) is 0 Å². The summed E-state index contributed by atoms with van der Waals surface area (Å²) in [5.74, 6) is 0.0338. The average Bonchev–Trinajstić information content (AvgIpc) is 2.43. The van der Waals surface area contributed by atoms with Crippen molar-refractivity contribution < 1.29 is 4.79 Å². The highest BCUT2D eigenvalue weighted by molar-refractivity contribution is 5.94. The van der Waals surface area contributed by atoms with Crippen molar-refractivity contribution in [2.45, 2.75) is 45.6 Å². The first kappa shape index (κ1) is 15.7. The second-order valence-corrected chi connectivity index (χ2v) is 4.90. The number of hydrogen-bond donors (Lipinski definition) is 2. The number of carbonyl (C=O) groups excluding carboxylic acids is 1. The molecule has 0 saturated heterocycles. The zero-order valence-corrected chi connectivity index (χ0v) is 12.2. The van der Waals surface area contributed by atoms with E-state index in [2.05, 4.69) is 17.6 Å². The Balaban J connectivity index is 2.25. The summed E-state index contributed by atoms with van der Waals surface area (Å²) in [7, 11) is 1.92. The molecule has 0 heterocycles. The number of hydrogen-bond acceptors (Lipinski definition) is 2. The minimum Gasteiger partial charge on any atom is -0.352 e. The predicted octanol–water partition coefficient (Wildman–Crippen LogP) is 3.11. The fourth-order valence-electron chi connectivity index (χ4n) is 2.01. The summed E-state index contributed by atoms with van der Waals surface area (Å²) in [5.41, 5.74) is 1.94. The summed E-state index contributed by atoms with van der Waals surface area (Å²) in [5, 5.41) is 6.06. The van der Waals surface area contributed by atoms with Crippen LogP contribution in [-0.4, -0.2) is 19.5 Å². The molecule has 1 aromatic carbocycles. The third kappa shape index (κ3) is 6.39. The van der Waals surface area contributed by atoms with Gasteiger partial charge in [-0.1, -0.05) is 44.7 Å². The second-order valence-electron chi connectivity index (χ2n) is 4.90. The lowest BCUT2D eigenvalue weighted by Gasteiger charge is -2.06. The van der Waals surface area contributed by atoms with E-state index in [0.717, 1.165) is 25.1 Å². The summed E-state index contributed by atoms with van der Waals surface area (Å²) < 4.78 is 0. The summed E-state index contributed by atoms with van der Waals surface area (Å²) in [6.07, 6.45) is 6.09. The monoisotopic (exact) mass is 262 g/mol. The van der Waals surface area contributed by atoms with Crippen LogP contribution in [0.25, 0.3) is 0 Å². The molecule has 0 aromatic heterocycles. The van der Waals surface area contributed by atoms with Crippen molar-refractivity contribution in [3.05, 3.63) is 35.4 Å². The molecule has 0 bridgehead atoms. The van der Waals surface area contributed by atoms with Gasteiger partial charge in [-0.25, -0.2) is 0 Å². The summed E-state index contributed by atoms with van der Waals surface area (Å²) in [6.45, 7) is 3.82. The Bertz CT molecular complexity index is 360. The third-order valence-corrected chi connectivity index (χ3v) is 3.16. The Kier molecular flexibility index (Phi) is 7.91. The summed E-state index contributed by atoms with van der Waals surface area (Å²) in [6, 6.07) is 7.76. The van der Waals surface area contributed by atoms with Crippen molar-refractivity contribution in [1.29, 1.82) is 0 Å². The highest BCUT2D eigenvalue weighted by Gasteiger charge is 2.04. The maximum atomic E-state index is 11.9. The molecule has 19 heavy (non-hydrogen) atoms. The Morgan fingerprint density at radius 3 is 2.37 bits per heavy atom. The van der Waals surface area contributed by atoms with Gasteiger partial charge in [-0.05, 0) is 31.2 Å². The number of unbranched alkanes of at least 4 members (excludes halogenated alkanes) is 4. The number of nitrogens with one attached hydrogen (secondary N) is 2. The molecule has 0 unspecified atom stereocenters. The van der Waals surface area contributed by atoms with Gasteiger partial charge in [0.15, 0.2) is 0 Å². The molecular formula is C16H26N2O. The molecule has 1 amide bonds. The molecule has 3 nitrogen and oxygen atoms in total. The first-order chi connectivity index (χ1) is 9.27. The lowest BCUT2D eigenvalue weighted by Crippen LogP contribution is -2.24. The van der Waals surface area contributed by atoms with Gasteiger partial charge in [-0.2, -0.15) is 0 Å². The fourth-order valence-corrected chi connectivity index (χ4v) is 2.01. The molecular weight excluding hydrogens is 236 g/mol. The van der Waals surface area contributed by atoms with E-state index in [1.165, 1.54) is 31.2 Å². The van der Waals surface area contributed by atoms with Gasteiger partial charge in [0.05, 0.1) is 0 Å². The largest absolute Gasteiger partial charge is 0.352 e. The van der Waals surface area contributed by atoms with E-state index in [9.17, 15) is 4.79 Å². The molecule has 106 valence electrons. The van der Waals surface area contributed by atoms with Gasteiger partial charge in [0.2, 0.25) is 0 Å². The van der Waals surface area contributed by atoms with E-state index in [1.807, 2.05) is 31.3 Å². The molecule has 1 aromatic rings. The smallest absolute Gasteiger partial charge is 0.251 e. The van der Waals surface area contributed by atoms with Crippen LogP contribution in [0.1, 0.15) is 54.9 Å². The average molecular weight is 262 g/mol. The van der Waals surface area contributed by atoms with Gasteiger partial charge in [-0.15, -0.1) is 0 Å². The van der Waals surface area contributed by atoms with E-state index in [0.29, 0.717) is 0 Å². The van der Waals surface area contributed by atoms with Gasteiger partial charge in [-0.3, -0.25) is 4.79 Å². The van der Waals surface area contributed by atoms with Crippen molar-refractivity contribution >= 4 is 5.91 Å². The Morgan fingerprint density at radius 1 is 1.05 bits per heavy atom. The lowest BCUT2D eigenvalue weighted by atomic mass is 10.1. The van der Waals surface area contributed by atoms with Crippen molar-refractivity contribution in [3.8, 4) is 0 Å². The third-order valence-electron chi connectivity index (χ3n) is 3.16. The topological polar surface area (TPSA) is 41.1 Å². The zero-order chi connectivity index (χ0) is 13.9. The molecule has 0 atom stereocenters. The SMILES string of the molecule is CCCCCCCNC(=O)c1ccc(CNC)cc1. The van der Waals surface area contributed by atoms with E-state index in [4.69, 9.17) is 0 Å². The highest BCUT2D eigenvalue weighted by atomic mass is 16.1. The second kappa shape index (κ2) is 9.56. The van der Waals surface area contributed by atoms with E-state index < -0.39 is 0 Å². The summed E-state index contributed by atoms with van der Waals surface area (Å²) >= 11 is 0. The molecule has 2 N–H and O–H groups in total. The van der Waals surface area contributed by atoms with Crippen molar-refractivity contribution in [2.24, 2.45) is 0 Å². The van der Waals surface area contributed by atoms with Crippen LogP contribution in [-0.2, 0) is 6.54 Å². The molecule has 0 aliphatic rings. The van der Waals surface area contributed by atoms with Crippen molar-refractivity contribution in [1.82, 2.24) is 10.6 Å². The molecule has 0 saturated carbocycles.